The van der Waals surface area contributed by atoms with Crippen molar-refractivity contribution < 1.29 is 4.79 Å². The number of tetrazole rings is 1. The smallest absolute Gasteiger partial charge is 0.234 e. The molecule has 1 amide bonds. The summed E-state index contributed by atoms with van der Waals surface area (Å²) in [7, 11) is 0. The standard InChI is InChI=1S/C13H16ClN5OS/c1-8(2)19-13(16-17-18-19)21-7-12(20)15-11-6-4-5-10(14)9(11)3/h4-6,8H,7H2,1-3H3,(H,15,20). The molecule has 0 unspecified atom stereocenters. The van der Waals surface area contributed by atoms with Crippen molar-refractivity contribution in [2.45, 2.75) is 32.0 Å². The molecule has 2 rings (SSSR count). The van der Waals surface area contributed by atoms with Gasteiger partial charge in [0.15, 0.2) is 0 Å². The van der Waals surface area contributed by atoms with Crippen LogP contribution in [0.3, 0.4) is 0 Å². The summed E-state index contributed by atoms with van der Waals surface area (Å²) in [6.45, 7) is 5.83. The molecule has 1 aromatic heterocycles. The van der Waals surface area contributed by atoms with Crippen LogP contribution in [0.1, 0.15) is 25.5 Å². The van der Waals surface area contributed by atoms with Crippen molar-refractivity contribution in [1.29, 1.82) is 0 Å². The second kappa shape index (κ2) is 6.91. The molecular weight excluding hydrogens is 310 g/mol. The van der Waals surface area contributed by atoms with Crippen LogP contribution in [-0.4, -0.2) is 31.9 Å². The summed E-state index contributed by atoms with van der Waals surface area (Å²) in [6.07, 6.45) is 0. The number of carbonyl (C=O) groups excluding carboxylic acids is 1. The molecule has 0 fully saturated rings. The quantitative estimate of drug-likeness (QED) is 0.856. The Morgan fingerprint density at radius 1 is 1.48 bits per heavy atom. The number of nitrogens with one attached hydrogen (secondary N) is 1. The Balaban J connectivity index is 1.96. The molecule has 0 aliphatic rings. The van der Waals surface area contributed by atoms with E-state index in [1.54, 1.807) is 16.8 Å². The van der Waals surface area contributed by atoms with Crippen molar-refractivity contribution in [3.05, 3.63) is 28.8 Å². The Morgan fingerprint density at radius 3 is 2.95 bits per heavy atom. The van der Waals surface area contributed by atoms with Crippen LogP contribution < -0.4 is 5.32 Å². The second-order valence-corrected chi connectivity index (χ2v) is 6.10. The minimum Gasteiger partial charge on any atom is -0.325 e. The van der Waals surface area contributed by atoms with E-state index in [1.165, 1.54) is 11.8 Å². The Labute approximate surface area is 132 Å². The lowest BCUT2D eigenvalue weighted by Crippen LogP contribution is -2.15. The third-order valence-electron chi connectivity index (χ3n) is 2.83. The average molecular weight is 326 g/mol. The number of rotatable bonds is 5. The molecule has 0 spiro atoms. The number of hydrogen-bond donors (Lipinski definition) is 1. The van der Waals surface area contributed by atoms with Crippen LogP contribution in [0, 0.1) is 6.92 Å². The molecule has 21 heavy (non-hydrogen) atoms. The van der Waals surface area contributed by atoms with Crippen molar-refractivity contribution in [3.63, 3.8) is 0 Å². The van der Waals surface area contributed by atoms with Gasteiger partial charge in [-0.2, -0.15) is 0 Å². The molecule has 8 heteroatoms. The van der Waals surface area contributed by atoms with Crippen LogP contribution in [-0.2, 0) is 4.79 Å². The lowest BCUT2D eigenvalue weighted by molar-refractivity contribution is -0.113. The molecule has 0 aliphatic carbocycles. The molecule has 6 nitrogen and oxygen atoms in total. The van der Waals surface area contributed by atoms with E-state index in [2.05, 4.69) is 20.8 Å². The number of thioether (sulfide) groups is 1. The van der Waals surface area contributed by atoms with Gasteiger partial charge in [0.1, 0.15) is 0 Å². The van der Waals surface area contributed by atoms with Crippen molar-refractivity contribution >= 4 is 35.0 Å². The highest BCUT2D eigenvalue weighted by molar-refractivity contribution is 7.99. The van der Waals surface area contributed by atoms with E-state index in [0.29, 0.717) is 10.2 Å². The van der Waals surface area contributed by atoms with Gasteiger partial charge in [0.25, 0.3) is 0 Å². The van der Waals surface area contributed by atoms with Crippen LogP contribution in [0.15, 0.2) is 23.4 Å². The highest BCUT2D eigenvalue weighted by Gasteiger charge is 2.13. The van der Waals surface area contributed by atoms with E-state index in [0.717, 1.165) is 11.3 Å². The van der Waals surface area contributed by atoms with E-state index in [1.807, 2.05) is 26.8 Å². The molecule has 2 aromatic rings. The molecule has 0 saturated heterocycles. The topological polar surface area (TPSA) is 72.7 Å². The molecule has 112 valence electrons. The minimum atomic E-state index is -0.122. The lowest BCUT2D eigenvalue weighted by atomic mass is 10.2. The summed E-state index contributed by atoms with van der Waals surface area (Å²) in [6, 6.07) is 5.57. The van der Waals surface area contributed by atoms with Crippen LogP contribution in [0.25, 0.3) is 0 Å². The zero-order chi connectivity index (χ0) is 15.4. The number of benzene rings is 1. The molecule has 0 atom stereocenters. The summed E-state index contributed by atoms with van der Waals surface area (Å²) in [5.41, 5.74) is 1.57. The highest BCUT2D eigenvalue weighted by atomic mass is 35.5. The van der Waals surface area contributed by atoms with Gasteiger partial charge in [-0.05, 0) is 48.9 Å². The van der Waals surface area contributed by atoms with Crippen LogP contribution in [0.2, 0.25) is 5.02 Å². The molecule has 1 heterocycles. The molecular formula is C13H16ClN5OS. The first kappa shape index (κ1) is 15.8. The summed E-state index contributed by atoms with van der Waals surface area (Å²) >= 11 is 7.33. The number of carbonyl (C=O) groups is 1. The first-order valence-electron chi connectivity index (χ1n) is 6.44. The first-order chi connectivity index (χ1) is 9.99. The third kappa shape index (κ3) is 3.95. The van der Waals surface area contributed by atoms with Gasteiger partial charge in [-0.1, -0.05) is 29.4 Å². The highest BCUT2D eigenvalue weighted by Crippen LogP contribution is 2.23. The van der Waals surface area contributed by atoms with E-state index < -0.39 is 0 Å². The number of amides is 1. The van der Waals surface area contributed by atoms with Gasteiger partial charge in [0.05, 0.1) is 11.8 Å². The van der Waals surface area contributed by atoms with Crippen LogP contribution in [0.5, 0.6) is 0 Å². The zero-order valence-corrected chi connectivity index (χ0v) is 13.6. The fourth-order valence-corrected chi connectivity index (χ4v) is 2.64. The Kier molecular flexibility index (Phi) is 5.19. The van der Waals surface area contributed by atoms with Crippen molar-refractivity contribution in [3.8, 4) is 0 Å². The average Bonchev–Trinajstić information content (AvgIpc) is 2.90. The molecule has 1 aromatic carbocycles. The number of halogens is 1. The SMILES string of the molecule is Cc1c(Cl)cccc1NC(=O)CSc1nnnn1C(C)C. The zero-order valence-electron chi connectivity index (χ0n) is 12.0. The van der Waals surface area contributed by atoms with Crippen molar-refractivity contribution in [1.82, 2.24) is 20.2 Å². The van der Waals surface area contributed by atoms with Crippen LogP contribution >= 0.6 is 23.4 Å². The maximum absolute atomic E-state index is 12.0. The molecule has 0 aliphatic heterocycles. The van der Waals surface area contributed by atoms with Gasteiger partial charge in [-0.15, -0.1) is 5.10 Å². The van der Waals surface area contributed by atoms with E-state index in [4.69, 9.17) is 11.6 Å². The number of aromatic nitrogens is 4. The maximum Gasteiger partial charge on any atom is 0.234 e. The van der Waals surface area contributed by atoms with E-state index in [-0.39, 0.29) is 17.7 Å². The minimum absolute atomic E-state index is 0.122. The maximum atomic E-state index is 12.0. The second-order valence-electron chi connectivity index (χ2n) is 4.75. The van der Waals surface area contributed by atoms with Gasteiger partial charge >= 0.3 is 0 Å². The third-order valence-corrected chi connectivity index (χ3v) is 4.17. The van der Waals surface area contributed by atoms with Gasteiger partial charge in [-0.25, -0.2) is 4.68 Å². The van der Waals surface area contributed by atoms with Crippen molar-refractivity contribution in [2.75, 3.05) is 11.1 Å². The van der Waals surface area contributed by atoms with Gasteiger partial charge in [-0.3, -0.25) is 4.79 Å². The number of nitrogens with zero attached hydrogens (tertiary/aromatic N) is 4. The van der Waals surface area contributed by atoms with E-state index >= 15 is 0 Å². The van der Waals surface area contributed by atoms with Gasteiger partial charge in [0.2, 0.25) is 11.1 Å². The Morgan fingerprint density at radius 2 is 2.24 bits per heavy atom. The molecule has 0 saturated carbocycles. The fourth-order valence-electron chi connectivity index (χ4n) is 1.66. The number of anilines is 1. The summed E-state index contributed by atoms with van der Waals surface area (Å²) in [5.74, 6) is 0.114. The summed E-state index contributed by atoms with van der Waals surface area (Å²) < 4.78 is 1.68. The number of hydrogen-bond acceptors (Lipinski definition) is 5. The lowest BCUT2D eigenvalue weighted by Gasteiger charge is -2.10. The Bertz CT molecular complexity index is 643. The monoisotopic (exact) mass is 325 g/mol. The normalized spacial score (nSPS) is 10.9. The van der Waals surface area contributed by atoms with Crippen LogP contribution in [0.4, 0.5) is 5.69 Å². The van der Waals surface area contributed by atoms with Gasteiger partial charge in [0, 0.05) is 10.7 Å². The Hall–Kier alpha value is -1.60. The summed E-state index contributed by atoms with van der Waals surface area (Å²) in [5, 5.41) is 15.5. The fraction of sp³-hybridized carbons (Fsp3) is 0.385. The van der Waals surface area contributed by atoms with Gasteiger partial charge < -0.3 is 5.32 Å². The molecule has 0 radical (unpaired) electrons. The van der Waals surface area contributed by atoms with E-state index in [9.17, 15) is 4.79 Å². The largest absolute Gasteiger partial charge is 0.325 e. The van der Waals surface area contributed by atoms with Crippen molar-refractivity contribution in [2.24, 2.45) is 0 Å². The molecule has 1 N–H and O–H groups in total. The summed E-state index contributed by atoms with van der Waals surface area (Å²) in [4.78, 5) is 12.0. The molecule has 0 bridgehead atoms. The predicted molar refractivity (Wildman–Crippen MR) is 83.7 cm³/mol. The first-order valence-corrected chi connectivity index (χ1v) is 7.81. The predicted octanol–water partition coefficient (Wildman–Crippen LogP) is 2.95.